The quantitative estimate of drug-likeness (QED) is 0.849. The number of hydrogen-bond acceptors (Lipinski definition) is 3. The summed E-state index contributed by atoms with van der Waals surface area (Å²) >= 11 is 0. The highest BCUT2D eigenvalue weighted by atomic mass is 16.3. The third-order valence-electron chi connectivity index (χ3n) is 2.75. The fourth-order valence-electron chi connectivity index (χ4n) is 1.79. The standard InChI is InChI=1S/C14H17NO2/c1-10-7-8-14(17-10)11(2)15-13-6-4-3-5-12(13)9-16/h3-8,11,15-16H,9H2,1-2H3. The molecule has 90 valence electrons. The van der Waals surface area contributed by atoms with E-state index in [2.05, 4.69) is 5.32 Å². The topological polar surface area (TPSA) is 45.4 Å². The van der Waals surface area contributed by atoms with Crippen LogP contribution in [-0.4, -0.2) is 5.11 Å². The van der Waals surface area contributed by atoms with Crippen molar-refractivity contribution >= 4 is 5.69 Å². The molecule has 1 heterocycles. The Balaban J connectivity index is 2.15. The van der Waals surface area contributed by atoms with E-state index in [1.165, 1.54) is 0 Å². The van der Waals surface area contributed by atoms with Crippen molar-refractivity contribution in [3.63, 3.8) is 0 Å². The van der Waals surface area contributed by atoms with Crippen molar-refractivity contribution in [2.75, 3.05) is 5.32 Å². The fourth-order valence-corrected chi connectivity index (χ4v) is 1.79. The van der Waals surface area contributed by atoms with E-state index < -0.39 is 0 Å². The Labute approximate surface area is 101 Å². The molecule has 2 rings (SSSR count). The van der Waals surface area contributed by atoms with E-state index in [-0.39, 0.29) is 12.6 Å². The van der Waals surface area contributed by atoms with Gasteiger partial charge in [-0.15, -0.1) is 0 Å². The summed E-state index contributed by atoms with van der Waals surface area (Å²) in [5.41, 5.74) is 1.83. The number of aryl methyl sites for hydroxylation is 1. The summed E-state index contributed by atoms with van der Waals surface area (Å²) in [7, 11) is 0. The maximum Gasteiger partial charge on any atom is 0.126 e. The predicted molar refractivity (Wildman–Crippen MR) is 67.8 cm³/mol. The van der Waals surface area contributed by atoms with Gasteiger partial charge in [0.25, 0.3) is 0 Å². The second-order valence-electron chi connectivity index (χ2n) is 4.13. The number of rotatable bonds is 4. The van der Waals surface area contributed by atoms with E-state index in [0.717, 1.165) is 22.8 Å². The molecule has 0 saturated heterocycles. The minimum Gasteiger partial charge on any atom is -0.464 e. The van der Waals surface area contributed by atoms with Crippen LogP contribution in [0.5, 0.6) is 0 Å². The lowest BCUT2D eigenvalue weighted by atomic mass is 10.1. The molecule has 3 heteroatoms. The second kappa shape index (κ2) is 5.06. The van der Waals surface area contributed by atoms with Gasteiger partial charge in [0.1, 0.15) is 11.5 Å². The summed E-state index contributed by atoms with van der Waals surface area (Å²) in [6.45, 7) is 4.00. The average Bonchev–Trinajstić information content (AvgIpc) is 2.77. The largest absolute Gasteiger partial charge is 0.464 e. The number of anilines is 1. The molecular formula is C14H17NO2. The van der Waals surface area contributed by atoms with Crippen LogP contribution in [0.15, 0.2) is 40.8 Å². The van der Waals surface area contributed by atoms with Crippen molar-refractivity contribution in [3.05, 3.63) is 53.5 Å². The number of furan rings is 1. The van der Waals surface area contributed by atoms with Gasteiger partial charge >= 0.3 is 0 Å². The van der Waals surface area contributed by atoms with Crippen molar-refractivity contribution in [2.24, 2.45) is 0 Å². The van der Waals surface area contributed by atoms with E-state index in [1.807, 2.05) is 50.2 Å². The van der Waals surface area contributed by atoms with Crippen LogP contribution in [0, 0.1) is 6.92 Å². The lowest BCUT2D eigenvalue weighted by Crippen LogP contribution is -2.07. The van der Waals surface area contributed by atoms with E-state index in [4.69, 9.17) is 4.42 Å². The normalized spacial score (nSPS) is 12.4. The Hall–Kier alpha value is -1.74. The van der Waals surface area contributed by atoms with Gasteiger partial charge in [-0.1, -0.05) is 18.2 Å². The third-order valence-corrected chi connectivity index (χ3v) is 2.75. The molecule has 3 nitrogen and oxygen atoms in total. The van der Waals surface area contributed by atoms with Crippen molar-refractivity contribution in [1.82, 2.24) is 0 Å². The number of aliphatic hydroxyl groups excluding tert-OH is 1. The molecule has 0 bridgehead atoms. The predicted octanol–water partition coefficient (Wildman–Crippen LogP) is 3.25. The summed E-state index contributed by atoms with van der Waals surface area (Å²) in [6, 6.07) is 11.7. The first-order chi connectivity index (χ1) is 8.20. The zero-order valence-corrected chi connectivity index (χ0v) is 10.1. The van der Waals surface area contributed by atoms with Gasteiger partial charge in [-0.2, -0.15) is 0 Å². The van der Waals surface area contributed by atoms with Crippen molar-refractivity contribution < 1.29 is 9.52 Å². The molecule has 1 aromatic heterocycles. The van der Waals surface area contributed by atoms with Crippen molar-refractivity contribution in [1.29, 1.82) is 0 Å². The fraction of sp³-hybridized carbons (Fsp3) is 0.286. The first-order valence-corrected chi connectivity index (χ1v) is 5.72. The number of para-hydroxylation sites is 1. The smallest absolute Gasteiger partial charge is 0.126 e. The van der Waals surface area contributed by atoms with E-state index >= 15 is 0 Å². The Morgan fingerprint density at radius 3 is 2.65 bits per heavy atom. The maximum atomic E-state index is 9.24. The summed E-state index contributed by atoms with van der Waals surface area (Å²) in [4.78, 5) is 0. The molecule has 0 saturated carbocycles. The zero-order valence-electron chi connectivity index (χ0n) is 10.1. The highest BCUT2D eigenvalue weighted by Crippen LogP contribution is 2.23. The first kappa shape index (κ1) is 11.7. The van der Waals surface area contributed by atoms with Crippen molar-refractivity contribution in [3.8, 4) is 0 Å². The maximum absolute atomic E-state index is 9.24. The number of nitrogens with one attached hydrogen (secondary N) is 1. The van der Waals surface area contributed by atoms with Crippen LogP contribution in [-0.2, 0) is 6.61 Å². The van der Waals surface area contributed by atoms with Crippen molar-refractivity contribution in [2.45, 2.75) is 26.5 Å². The van der Waals surface area contributed by atoms with Crippen LogP contribution >= 0.6 is 0 Å². The van der Waals surface area contributed by atoms with E-state index in [0.29, 0.717) is 0 Å². The summed E-state index contributed by atoms with van der Waals surface area (Å²) in [6.07, 6.45) is 0. The highest BCUT2D eigenvalue weighted by Gasteiger charge is 2.10. The molecule has 0 aliphatic carbocycles. The van der Waals surface area contributed by atoms with Gasteiger partial charge in [0.15, 0.2) is 0 Å². The van der Waals surface area contributed by atoms with Crippen LogP contribution in [0.4, 0.5) is 5.69 Å². The number of hydrogen-bond donors (Lipinski definition) is 2. The molecule has 0 spiro atoms. The van der Waals surface area contributed by atoms with Gasteiger partial charge < -0.3 is 14.8 Å². The molecule has 0 aliphatic heterocycles. The lowest BCUT2D eigenvalue weighted by molar-refractivity contribution is 0.282. The van der Waals surface area contributed by atoms with Crippen LogP contribution in [0.1, 0.15) is 30.0 Å². The minimum atomic E-state index is 0.0348. The molecular weight excluding hydrogens is 214 g/mol. The molecule has 17 heavy (non-hydrogen) atoms. The van der Waals surface area contributed by atoms with E-state index in [1.54, 1.807) is 0 Å². The molecule has 0 radical (unpaired) electrons. The minimum absolute atomic E-state index is 0.0348. The second-order valence-corrected chi connectivity index (χ2v) is 4.13. The van der Waals surface area contributed by atoms with Gasteiger partial charge in [0, 0.05) is 11.3 Å². The molecule has 0 amide bonds. The summed E-state index contributed by atoms with van der Waals surface area (Å²) in [5.74, 6) is 1.80. The SMILES string of the molecule is Cc1ccc(C(C)Nc2ccccc2CO)o1. The molecule has 2 aromatic rings. The number of aliphatic hydroxyl groups is 1. The first-order valence-electron chi connectivity index (χ1n) is 5.72. The van der Waals surface area contributed by atoms with Gasteiger partial charge in [-0.25, -0.2) is 0 Å². The number of benzene rings is 1. The Bertz CT molecular complexity index is 490. The van der Waals surface area contributed by atoms with Gasteiger partial charge in [-0.3, -0.25) is 0 Å². The summed E-state index contributed by atoms with van der Waals surface area (Å²) in [5, 5.41) is 12.6. The van der Waals surface area contributed by atoms with E-state index in [9.17, 15) is 5.11 Å². The van der Waals surface area contributed by atoms with Gasteiger partial charge in [-0.05, 0) is 32.0 Å². The summed E-state index contributed by atoms with van der Waals surface area (Å²) < 4.78 is 5.57. The molecule has 0 fully saturated rings. The zero-order chi connectivity index (χ0) is 12.3. The molecule has 1 aromatic carbocycles. The van der Waals surface area contributed by atoms with Crippen LogP contribution < -0.4 is 5.32 Å². The Morgan fingerprint density at radius 1 is 1.24 bits per heavy atom. The van der Waals surface area contributed by atoms with Gasteiger partial charge in [0.2, 0.25) is 0 Å². The highest BCUT2D eigenvalue weighted by molar-refractivity contribution is 5.51. The average molecular weight is 231 g/mol. The Morgan fingerprint density at radius 2 is 2.00 bits per heavy atom. The van der Waals surface area contributed by atoms with Crippen LogP contribution in [0.2, 0.25) is 0 Å². The van der Waals surface area contributed by atoms with Crippen LogP contribution in [0.3, 0.4) is 0 Å². The Kier molecular flexibility index (Phi) is 3.49. The van der Waals surface area contributed by atoms with Crippen LogP contribution in [0.25, 0.3) is 0 Å². The molecule has 1 unspecified atom stereocenters. The molecule has 1 atom stereocenters. The molecule has 2 N–H and O–H groups in total. The third kappa shape index (κ3) is 2.68. The molecule has 0 aliphatic rings. The monoisotopic (exact) mass is 231 g/mol. The lowest BCUT2D eigenvalue weighted by Gasteiger charge is -2.15. The van der Waals surface area contributed by atoms with Gasteiger partial charge in [0.05, 0.1) is 12.6 Å².